The Morgan fingerprint density at radius 1 is 1.44 bits per heavy atom. The quantitative estimate of drug-likeness (QED) is 0.799. The first kappa shape index (κ1) is 11.9. The number of hydrogen-bond acceptors (Lipinski definition) is 2. The van der Waals surface area contributed by atoms with Crippen LogP contribution in [0.15, 0.2) is 23.1 Å². The van der Waals surface area contributed by atoms with Crippen molar-refractivity contribution in [1.82, 2.24) is 0 Å². The SMILES string of the molecule is CSc1ccc(C2CC(O)C2(C)C)cc1F. The van der Waals surface area contributed by atoms with E-state index in [0.29, 0.717) is 4.90 Å². The van der Waals surface area contributed by atoms with E-state index >= 15 is 0 Å². The molecule has 0 spiro atoms. The minimum absolute atomic E-state index is 0.132. The van der Waals surface area contributed by atoms with Gasteiger partial charge in [0.1, 0.15) is 5.82 Å². The molecular weight excluding hydrogens is 223 g/mol. The van der Waals surface area contributed by atoms with Crippen LogP contribution in [0.4, 0.5) is 4.39 Å². The third-order valence-corrected chi connectivity index (χ3v) is 4.57. The summed E-state index contributed by atoms with van der Waals surface area (Å²) in [5.74, 6) is 0.120. The fraction of sp³-hybridized carbons (Fsp3) is 0.538. The predicted molar refractivity (Wildman–Crippen MR) is 65.3 cm³/mol. The summed E-state index contributed by atoms with van der Waals surface area (Å²) in [5.41, 5.74) is 0.874. The lowest BCUT2D eigenvalue weighted by Gasteiger charge is -2.49. The fourth-order valence-electron chi connectivity index (χ4n) is 2.37. The molecule has 1 aromatic carbocycles. The van der Waals surface area contributed by atoms with Crippen LogP contribution < -0.4 is 0 Å². The Labute approximate surface area is 100 Å². The Kier molecular flexibility index (Phi) is 3.01. The monoisotopic (exact) mass is 240 g/mol. The van der Waals surface area contributed by atoms with E-state index in [1.54, 1.807) is 6.07 Å². The first-order valence-corrected chi connectivity index (χ1v) is 6.70. The maximum Gasteiger partial charge on any atom is 0.137 e. The van der Waals surface area contributed by atoms with Gasteiger partial charge in [-0.2, -0.15) is 0 Å². The standard InChI is InChI=1S/C13H17FOS/c1-13(2)9(7-12(13)15)8-4-5-11(16-3)10(14)6-8/h4-6,9,12,15H,7H2,1-3H3. The van der Waals surface area contributed by atoms with Gasteiger partial charge in [-0.1, -0.05) is 19.9 Å². The molecule has 1 aliphatic rings. The summed E-state index contributed by atoms with van der Waals surface area (Å²) in [6.45, 7) is 4.07. The van der Waals surface area contributed by atoms with Gasteiger partial charge in [0, 0.05) is 4.90 Å². The molecule has 0 aliphatic heterocycles. The van der Waals surface area contributed by atoms with Crippen molar-refractivity contribution in [2.45, 2.75) is 37.2 Å². The van der Waals surface area contributed by atoms with E-state index in [1.165, 1.54) is 11.8 Å². The van der Waals surface area contributed by atoms with E-state index < -0.39 is 0 Å². The molecule has 0 aromatic heterocycles. The summed E-state index contributed by atoms with van der Waals surface area (Å²) in [4.78, 5) is 0.682. The van der Waals surface area contributed by atoms with Crippen LogP contribution in [0.1, 0.15) is 31.7 Å². The zero-order valence-electron chi connectivity index (χ0n) is 9.83. The number of halogens is 1. The van der Waals surface area contributed by atoms with Crippen molar-refractivity contribution in [2.24, 2.45) is 5.41 Å². The molecule has 2 rings (SSSR count). The van der Waals surface area contributed by atoms with Gasteiger partial charge in [0.05, 0.1) is 6.10 Å². The Balaban J connectivity index is 2.27. The molecular formula is C13H17FOS. The zero-order chi connectivity index (χ0) is 11.9. The van der Waals surface area contributed by atoms with Crippen molar-refractivity contribution in [3.05, 3.63) is 29.6 Å². The largest absolute Gasteiger partial charge is 0.393 e. The number of benzene rings is 1. The highest BCUT2D eigenvalue weighted by atomic mass is 32.2. The van der Waals surface area contributed by atoms with Crippen LogP contribution in [-0.4, -0.2) is 17.5 Å². The van der Waals surface area contributed by atoms with Crippen LogP contribution in [0.25, 0.3) is 0 Å². The Hall–Kier alpha value is -0.540. The molecule has 0 radical (unpaired) electrons. The summed E-state index contributed by atoms with van der Waals surface area (Å²) < 4.78 is 13.6. The Morgan fingerprint density at radius 3 is 2.56 bits per heavy atom. The van der Waals surface area contributed by atoms with Crippen molar-refractivity contribution < 1.29 is 9.50 Å². The van der Waals surface area contributed by atoms with E-state index in [1.807, 2.05) is 32.2 Å². The van der Waals surface area contributed by atoms with Gasteiger partial charge in [-0.25, -0.2) is 4.39 Å². The minimum atomic E-state index is -0.263. The normalized spacial score (nSPS) is 27.6. The summed E-state index contributed by atoms with van der Waals surface area (Å²) in [5, 5.41) is 9.68. The fourth-order valence-corrected chi connectivity index (χ4v) is 2.83. The van der Waals surface area contributed by atoms with E-state index in [9.17, 15) is 9.50 Å². The van der Waals surface area contributed by atoms with E-state index in [0.717, 1.165) is 12.0 Å². The average Bonchev–Trinajstić information content (AvgIpc) is 2.25. The second kappa shape index (κ2) is 4.04. The molecule has 0 amide bonds. The Bertz CT molecular complexity index is 403. The van der Waals surface area contributed by atoms with Gasteiger partial charge < -0.3 is 5.11 Å². The molecule has 2 atom stereocenters. The number of hydrogen-bond donors (Lipinski definition) is 1. The smallest absolute Gasteiger partial charge is 0.137 e. The average molecular weight is 240 g/mol. The first-order chi connectivity index (χ1) is 7.46. The van der Waals surface area contributed by atoms with Gasteiger partial charge in [0.25, 0.3) is 0 Å². The predicted octanol–water partition coefficient (Wildman–Crippen LogP) is 3.42. The molecule has 0 saturated heterocycles. The summed E-state index contributed by atoms with van der Waals surface area (Å²) in [6.07, 6.45) is 2.35. The second-order valence-electron chi connectivity index (χ2n) is 5.02. The van der Waals surface area contributed by atoms with Crippen molar-refractivity contribution >= 4 is 11.8 Å². The summed E-state index contributed by atoms with van der Waals surface area (Å²) >= 11 is 1.42. The molecule has 1 N–H and O–H groups in total. The van der Waals surface area contributed by atoms with Gasteiger partial charge in [-0.05, 0) is 41.7 Å². The number of rotatable bonds is 2. The van der Waals surface area contributed by atoms with Crippen LogP contribution in [0.2, 0.25) is 0 Å². The van der Waals surface area contributed by atoms with Crippen molar-refractivity contribution in [3.8, 4) is 0 Å². The highest BCUT2D eigenvalue weighted by Gasteiger charge is 2.47. The molecule has 0 heterocycles. The van der Waals surface area contributed by atoms with Gasteiger partial charge in [0.15, 0.2) is 0 Å². The lowest BCUT2D eigenvalue weighted by atomic mass is 9.58. The number of aliphatic hydroxyl groups is 1. The van der Waals surface area contributed by atoms with Gasteiger partial charge >= 0.3 is 0 Å². The van der Waals surface area contributed by atoms with Crippen LogP contribution >= 0.6 is 11.8 Å². The maximum atomic E-state index is 13.6. The minimum Gasteiger partial charge on any atom is -0.393 e. The lowest BCUT2D eigenvalue weighted by molar-refractivity contribution is -0.0626. The van der Waals surface area contributed by atoms with Crippen molar-refractivity contribution in [1.29, 1.82) is 0 Å². The van der Waals surface area contributed by atoms with Gasteiger partial charge in [-0.15, -0.1) is 11.8 Å². The molecule has 0 bridgehead atoms. The zero-order valence-corrected chi connectivity index (χ0v) is 10.6. The van der Waals surface area contributed by atoms with Gasteiger partial charge in [-0.3, -0.25) is 0 Å². The first-order valence-electron chi connectivity index (χ1n) is 5.48. The molecule has 1 aromatic rings. The van der Waals surface area contributed by atoms with Crippen molar-refractivity contribution in [2.75, 3.05) is 6.26 Å². The summed E-state index contributed by atoms with van der Waals surface area (Å²) in [6, 6.07) is 5.42. The molecule has 1 saturated carbocycles. The lowest BCUT2D eigenvalue weighted by Crippen LogP contribution is -2.47. The third kappa shape index (κ3) is 1.76. The molecule has 16 heavy (non-hydrogen) atoms. The number of thioether (sulfide) groups is 1. The van der Waals surface area contributed by atoms with E-state index in [2.05, 4.69) is 0 Å². The van der Waals surface area contributed by atoms with E-state index in [-0.39, 0.29) is 23.3 Å². The maximum absolute atomic E-state index is 13.6. The topological polar surface area (TPSA) is 20.2 Å². The number of aliphatic hydroxyl groups excluding tert-OH is 1. The van der Waals surface area contributed by atoms with Crippen molar-refractivity contribution in [3.63, 3.8) is 0 Å². The van der Waals surface area contributed by atoms with Crippen LogP contribution in [0.5, 0.6) is 0 Å². The summed E-state index contributed by atoms with van der Waals surface area (Å²) in [7, 11) is 0. The van der Waals surface area contributed by atoms with E-state index in [4.69, 9.17) is 0 Å². The molecule has 1 aliphatic carbocycles. The van der Waals surface area contributed by atoms with Crippen LogP contribution in [0.3, 0.4) is 0 Å². The van der Waals surface area contributed by atoms with Crippen LogP contribution in [-0.2, 0) is 0 Å². The Morgan fingerprint density at radius 2 is 2.12 bits per heavy atom. The molecule has 2 unspecified atom stereocenters. The van der Waals surface area contributed by atoms with Gasteiger partial charge in [0.2, 0.25) is 0 Å². The third-order valence-electron chi connectivity index (χ3n) is 3.79. The second-order valence-corrected chi connectivity index (χ2v) is 5.87. The molecule has 88 valence electrons. The highest BCUT2D eigenvalue weighted by molar-refractivity contribution is 7.98. The van der Waals surface area contributed by atoms with Crippen LogP contribution in [0, 0.1) is 11.2 Å². The molecule has 1 nitrogen and oxygen atoms in total. The molecule has 1 fully saturated rings. The molecule has 3 heteroatoms. The highest BCUT2D eigenvalue weighted by Crippen LogP contribution is 2.52.